The molecule has 158 valence electrons. The highest BCUT2D eigenvalue weighted by molar-refractivity contribution is 5.98. The summed E-state index contributed by atoms with van der Waals surface area (Å²) < 4.78 is 0. The summed E-state index contributed by atoms with van der Waals surface area (Å²) in [7, 11) is 0. The number of carbonyl (C=O) groups is 1. The molecule has 0 bridgehead atoms. The fourth-order valence-corrected chi connectivity index (χ4v) is 3.93. The van der Waals surface area contributed by atoms with Gasteiger partial charge in [-0.1, -0.05) is 30.3 Å². The average molecular weight is 415 g/mol. The molecule has 1 unspecified atom stereocenters. The molecule has 1 aromatic carbocycles. The zero-order valence-electron chi connectivity index (χ0n) is 17.4. The number of aryl methyl sites for hydroxylation is 1. The fourth-order valence-electron chi connectivity index (χ4n) is 3.93. The minimum Gasteiger partial charge on any atom is -0.387 e. The second-order valence-corrected chi connectivity index (χ2v) is 7.90. The van der Waals surface area contributed by atoms with Crippen molar-refractivity contribution in [1.29, 1.82) is 5.41 Å². The SMILES string of the molecule is N=C(N)CC(=O)CCc1cccc(-c2cnc(N3CCC(c4ccccn4)C3)nc2)c1. The number of nitrogens with one attached hydrogen (secondary N) is 1. The highest BCUT2D eigenvalue weighted by Crippen LogP contribution is 2.28. The first-order valence-corrected chi connectivity index (χ1v) is 10.5. The van der Waals surface area contributed by atoms with Crippen LogP contribution in [0.25, 0.3) is 11.1 Å². The van der Waals surface area contributed by atoms with E-state index in [0.29, 0.717) is 18.8 Å². The van der Waals surface area contributed by atoms with E-state index in [-0.39, 0.29) is 18.0 Å². The molecule has 0 aliphatic carbocycles. The predicted octanol–water partition coefficient (Wildman–Crippen LogP) is 3.36. The number of hydrogen-bond donors (Lipinski definition) is 2. The van der Waals surface area contributed by atoms with Crippen LogP contribution in [-0.2, 0) is 11.2 Å². The monoisotopic (exact) mass is 414 g/mol. The lowest BCUT2D eigenvalue weighted by Gasteiger charge is -2.16. The standard InChI is InChI=1S/C24H26N6O/c25-23(26)13-21(31)8-7-17-4-3-5-18(12-17)20-14-28-24(29-15-20)30-11-9-19(16-30)22-6-1-2-10-27-22/h1-6,10,12,14-15,19H,7-9,11,13,16H2,(H3,25,26). The summed E-state index contributed by atoms with van der Waals surface area (Å²) in [6.45, 7) is 1.80. The Hall–Kier alpha value is -3.61. The lowest BCUT2D eigenvalue weighted by atomic mass is 10.0. The van der Waals surface area contributed by atoms with Gasteiger partial charge in [-0.25, -0.2) is 9.97 Å². The van der Waals surface area contributed by atoms with Crippen molar-refractivity contribution in [2.24, 2.45) is 5.73 Å². The predicted molar refractivity (Wildman–Crippen MR) is 121 cm³/mol. The molecular weight excluding hydrogens is 388 g/mol. The van der Waals surface area contributed by atoms with Gasteiger partial charge in [-0.3, -0.25) is 15.2 Å². The maximum atomic E-state index is 11.8. The van der Waals surface area contributed by atoms with Gasteiger partial charge >= 0.3 is 0 Å². The summed E-state index contributed by atoms with van der Waals surface area (Å²) >= 11 is 0. The molecule has 2 aromatic heterocycles. The van der Waals surface area contributed by atoms with Gasteiger partial charge in [0.2, 0.25) is 5.95 Å². The number of ketones is 1. The van der Waals surface area contributed by atoms with Crippen LogP contribution >= 0.6 is 0 Å². The molecular formula is C24H26N6O. The van der Waals surface area contributed by atoms with Gasteiger partial charge in [-0.2, -0.15) is 0 Å². The van der Waals surface area contributed by atoms with Crippen LogP contribution in [0.2, 0.25) is 0 Å². The van der Waals surface area contributed by atoms with Crippen LogP contribution in [-0.4, -0.2) is 39.7 Å². The molecule has 7 nitrogen and oxygen atoms in total. The number of nitrogens with two attached hydrogens (primary N) is 1. The van der Waals surface area contributed by atoms with Crippen LogP contribution in [0.15, 0.2) is 61.1 Å². The molecule has 1 fully saturated rings. The summed E-state index contributed by atoms with van der Waals surface area (Å²) in [4.78, 5) is 27.7. The van der Waals surface area contributed by atoms with E-state index >= 15 is 0 Å². The number of Topliss-reactive ketones (excluding diaryl/α,β-unsaturated/α-hetero) is 1. The first-order valence-electron chi connectivity index (χ1n) is 10.5. The lowest BCUT2D eigenvalue weighted by Crippen LogP contribution is -2.21. The van der Waals surface area contributed by atoms with Gasteiger partial charge < -0.3 is 10.6 Å². The number of amidine groups is 1. The number of benzene rings is 1. The van der Waals surface area contributed by atoms with Crippen LogP contribution in [0, 0.1) is 5.41 Å². The zero-order valence-corrected chi connectivity index (χ0v) is 17.4. The summed E-state index contributed by atoms with van der Waals surface area (Å²) in [6, 6.07) is 14.1. The van der Waals surface area contributed by atoms with E-state index in [1.807, 2.05) is 48.9 Å². The highest BCUT2D eigenvalue weighted by Gasteiger charge is 2.26. The third kappa shape index (κ3) is 5.31. The Morgan fingerprint density at radius 2 is 1.94 bits per heavy atom. The molecule has 0 radical (unpaired) electrons. The van der Waals surface area contributed by atoms with E-state index in [1.165, 1.54) is 0 Å². The Balaban J connectivity index is 1.39. The van der Waals surface area contributed by atoms with Crippen LogP contribution in [0.3, 0.4) is 0 Å². The molecule has 1 saturated heterocycles. The second kappa shape index (κ2) is 9.47. The quantitative estimate of drug-likeness (QED) is 0.432. The number of hydrogen-bond acceptors (Lipinski definition) is 6. The molecule has 1 atom stereocenters. The van der Waals surface area contributed by atoms with Gasteiger partial charge in [-0.05, 0) is 36.1 Å². The summed E-state index contributed by atoms with van der Waals surface area (Å²) in [6.07, 6.45) is 7.63. The average Bonchev–Trinajstić information content (AvgIpc) is 3.29. The topological polar surface area (TPSA) is 109 Å². The maximum absolute atomic E-state index is 11.8. The first kappa shape index (κ1) is 20.7. The molecule has 3 aromatic rings. The van der Waals surface area contributed by atoms with Gasteiger partial charge in [0.1, 0.15) is 5.78 Å². The maximum Gasteiger partial charge on any atom is 0.225 e. The van der Waals surface area contributed by atoms with Crippen LogP contribution in [0.5, 0.6) is 0 Å². The third-order valence-corrected chi connectivity index (χ3v) is 5.56. The normalized spacial score (nSPS) is 15.7. The van der Waals surface area contributed by atoms with Gasteiger partial charge in [0.05, 0.1) is 12.3 Å². The highest BCUT2D eigenvalue weighted by atomic mass is 16.1. The number of anilines is 1. The van der Waals surface area contributed by atoms with E-state index in [4.69, 9.17) is 11.1 Å². The molecule has 7 heteroatoms. The van der Waals surface area contributed by atoms with Crippen molar-refractivity contribution in [2.75, 3.05) is 18.0 Å². The molecule has 0 saturated carbocycles. The molecule has 4 rings (SSSR count). The molecule has 3 heterocycles. The summed E-state index contributed by atoms with van der Waals surface area (Å²) in [5, 5.41) is 7.22. The molecule has 1 aliphatic rings. The number of rotatable bonds is 8. The van der Waals surface area contributed by atoms with Gasteiger partial charge in [0, 0.05) is 55.3 Å². The van der Waals surface area contributed by atoms with Crippen LogP contribution in [0.4, 0.5) is 5.95 Å². The zero-order chi connectivity index (χ0) is 21.6. The van der Waals surface area contributed by atoms with E-state index in [2.05, 4.69) is 32.0 Å². The number of nitrogens with zero attached hydrogens (tertiary/aromatic N) is 4. The van der Waals surface area contributed by atoms with Crippen molar-refractivity contribution in [1.82, 2.24) is 15.0 Å². The Morgan fingerprint density at radius 1 is 1.10 bits per heavy atom. The summed E-state index contributed by atoms with van der Waals surface area (Å²) in [5.74, 6) is 1.06. The van der Waals surface area contributed by atoms with Crippen molar-refractivity contribution < 1.29 is 4.79 Å². The van der Waals surface area contributed by atoms with Crippen LogP contribution < -0.4 is 10.6 Å². The Bertz CT molecular complexity index is 1050. The van der Waals surface area contributed by atoms with E-state index in [9.17, 15) is 4.79 Å². The van der Waals surface area contributed by atoms with Crippen molar-refractivity contribution in [3.63, 3.8) is 0 Å². The van der Waals surface area contributed by atoms with E-state index in [0.717, 1.165) is 47.8 Å². The van der Waals surface area contributed by atoms with Gasteiger partial charge in [0.15, 0.2) is 0 Å². The van der Waals surface area contributed by atoms with Crippen molar-refractivity contribution in [3.05, 3.63) is 72.3 Å². The van der Waals surface area contributed by atoms with Gasteiger partial charge in [0.25, 0.3) is 0 Å². The summed E-state index contributed by atoms with van der Waals surface area (Å²) in [5.41, 5.74) is 9.46. The first-order chi connectivity index (χ1) is 15.1. The molecule has 1 aliphatic heterocycles. The van der Waals surface area contributed by atoms with Gasteiger partial charge in [-0.15, -0.1) is 0 Å². The Labute approximate surface area is 181 Å². The Kier molecular flexibility index (Phi) is 6.31. The fraction of sp³-hybridized carbons (Fsp3) is 0.292. The number of aromatic nitrogens is 3. The molecule has 0 spiro atoms. The minimum atomic E-state index is -0.0830. The molecule has 31 heavy (non-hydrogen) atoms. The van der Waals surface area contributed by atoms with Crippen molar-refractivity contribution in [2.45, 2.75) is 31.6 Å². The number of pyridine rings is 1. The number of carbonyl (C=O) groups excluding carboxylic acids is 1. The molecule has 3 N–H and O–H groups in total. The lowest BCUT2D eigenvalue weighted by molar-refractivity contribution is -0.117. The second-order valence-electron chi connectivity index (χ2n) is 7.90. The van der Waals surface area contributed by atoms with E-state index < -0.39 is 0 Å². The van der Waals surface area contributed by atoms with Crippen LogP contribution in [0.1, 0.15) is 36.4 Å². The Morgan fingerprint density at radius 3 is 2.68 bits per heavy atom. The largest absolute Gasteiger partial charge is 0.387 e. The third-order valence-electron chi connectivity index (χ3n) is 5.56. The minimum absolute atomic E-state index is 0.0137. The van der Waals surface area contributed by atoms with Crippen molar-refractivity contribution >= 4 is 17.6 Å². The smallest absolute Gasteiger partial charge is 0.225 e. The van der Waals surface area contributed by atoms with Crippen molar-refractivity contribution in [3.8, 4) is 11.1 Å². The molecule has 0 amide bonds. The van der Waals surface area contributed by atoms with E-state index in [1.54, 1.807) is 0 Å².